The molecule has 2 aliphatic heterocycles. The fraction of sp³-hybridized carbons (Fsp3) is 0.545. The maximum absolute atomic E-state index is 13.4. The summed E-state index contributed by atoms with van der Waals surface area (Å²) in [6, 6.07) is 0. The summed E-state index contributed by atoms with van der Waals surface area (Å²) in [5.74, 6) is -0.233. The molecule has 5 N–H and O–H groups in total. The number of aromatic nitrogens is 8. The Morgan fingerprint density at radius 2 is 1.81 bits per heavy atom. The molecule has 2 aliphatic rings. The lowest BCUT2D eigenvalue weighted by molar-refractivity contribution is -0.190. The van der Waals surface area contributed by atoms with E-state index in [0.717, 1.165) is 0 Å². The van der Waals surface area contributed by atoms with Crippen molar-refractivity contribution in [2.75, 3.05) is 25.5 Å². The van der Waals surface area contributed by atoms with Gasteiger partial charge >= 0.3 is 23.3 Å². The maximum atomic E-state index is 13.4. The van der Waals surface area contributed by atoms with Crippen LogP contribution in [0.25, 0.3) is 22.3 Å². The molecule has 7 atom stereocenters. The molecule has 20 nitrogen and oxygen atoms in total. The van der Waals surface area contributed by atoms with Crippen molar-refractivity contribution >= 4 is 57.6 Å². The fourth-order valence-corrected chi connectivity index (χ4v) is 7.17. The van der Waals surface area contributed by atoms with Crippen LogP contribution in [0.2, 0.25) is 0 Å². The predicted molar refractivity (Wildman–Crippen MR) is 158 cm³/mol. The average Bonchev–Trinajstić information content (AvgIpc) is 3.77. The second kappa shape index (κ2) is 13.2. The first kappa shape index (κ1) is 34.6. The van der Waals surface area contributed by atoms with Gasteiger partial charge in [0, 0.05) is 19.4 Å². The van der Waals surface area contributed by atoms with Gasteiger partial charge in [0.15, 0.2) is 16.8 Å². The molecule has 0 aromatic carbocycles. The van der Waals surface area contributed by atoms with E-state index in [2.05, 4.69) is 42.2 Å². The number of ether oxygens (including phenoxy) is 3. The van der Waals surface area contributed by atoms with Crippen molar-refractivity contribution in [1.29, 1.82) is 0 Å². The van der Waals surface area contributed by atoms with Crippen LogP contribution >= 0.6 is 19.0 Å². The highest BCUT2D eigenvalue weighted by Crippen LogP contribution is 2.56. The zero-order chi connectivity index (χ0) is 34.4. The SMILES string of the molecule is Nc1nc2c(ncn2[C@H]2C[C@H](OCC(F)(F)F)[C@@H](COP(=O)(S)O[C@H]3C[C@H](n4cnc5cncnc54)O[C@@H]3CNS(=O)(=O)O)O2)c(=O)[nH]1. The van der Waals surface area contributed by atoms with Gasteiger partial charge in [0.1, 0.15) is 43.1 Å². The highest BCUT2D eigenvalue weighted by molar-refractivity contribution is 8.44. The van der Waals surface area contributed by atoms with Crippen molar-refractivity contribution in [3.8, 4) is 0 Å². The predicted octanol–water partition coefficient (Wildman–Crippen LogP) is 0.896. The molecule has 26 heteroatoms. The van der Waals surface area contributed by atoms with Gasteiger partial charge in [-0.25, -0.2) is 24.5 Å². The molecule has 6 heterocycles. The van der Waals surface area contributed by atoms with Crippen LogP contribution in [0.3, 0.4) is 0 Å². The van der Waals surface area contributed by atoms with Crippen LogP contribution in [0.15, 0.2) is 30.0 Å². The lowest BCUT2D eigenvalue weighted by Crippen LogP contribution is -2.37. The summed E-state index contributed by atoms with van der Waals surface area (Å²) < 4.78 is 117. The Hall–Kier alpha value is -3.26. The molecule has 2 fully saturated rings. The molecule has 4 aromatic rings. The van der Waals surface area contributed by atoms with Crippen molar-refractivity contribution in [3.05, 3.63) is 35.5 Å². The van der Waals surface area contributed by atoms with Crippen molar-refractivity contribution in [2.24, 2.45) is 0 Å². The van der Waals surface area contributed by atoms with Crippen molar-refractivity contribution < 1.29 is 54.0 Å². The third-order valence-corrected chi connectivity index (χ3v) is 9.44. The van der Waals surface area contributed by atoms with Crippen molar-refractivity contribution in [1.82, 2.24) is 43.8 Å². The second-order valence-corrected chi connectivity index (χ2v) is 14.7. The van der Waals surface area contributed by atoms with Gasteiger partial charge in [-0.05, 0) is 0 Å². The molecular formula is C22H26F3N10O10PS2. The molecule has 0 aliphatic carbocycles. The topological polar surface area (TPSA) is 263 Å². The van der Waals surface area contributed by atoms with Crippen LogP contribution in [-0.4, -0.2) is 102 Å². The lowest BCUT2D eigenvalue weighted by Gasteiger charge is -2.24. The van der Waals surface area contributed by atoms with Gasteiger partial charge in [-0.15, -0.1) is 0 Å². The average molecular weight is 743 g/mol. The van der Waals surface area contributed by atoms with Crippen LogP contribution in [0, 0.1) is 0 Å². The molecule has 6 rings (SSSR count). The highest BCUT2D eigenvalue weighted by atomic mass is 32.7. The van der Waals surface area contributed by atoms with Gasteiger partial charge in [-0.2, -0.15) is 31.3 Å². The number of fused-ring (bicyclic) bond motifs is 2. The minimum absolute atomic E-state index is 0.00180. The molecule has 0 amide bonds. The van der Waals surface area contributed by atoms with E-state index >= 15 is 0 Å². The van der Waals surface area contributed by atoms with Crippen LogP contribution < -0.4 is 16.0 Å². The van der Waals surface area contributed by atoms with Crippen LogP contribution in [-0.2, 0) is 38.1 Å². The van der Waals surface area contributed by atoms with E-state index in [0.29, 0.717) is 11.2 Å². The van der Waals surface area contributed by atoms with Crippen molar-refractivity contribution in [2.45, 2.75) is 55.9 Å². The standard InChI is InChI=1S/C22H26F3N10O10PS2/c23-22(24,25)6-41-11-1-15(35-9-30-17-19(35)32-21(26)33-20(17)36)44-14(11)5-42-46(37,47)45-12-2-16(43-13(12)4-31-48(38,39)40)34-8-29-10-3-27-7-28-18(10)34/h3,7-9,11-16,31H,1-2,4-6H2,(H,37,47)(H,38,39,40)(H3,26,32,33,36)/t11-,12-,13+,14+,15+,16+,46?/m0/s1. The first-order chi connectivity index (χ1) is 22.6. The Kier molecular flexibility index (Phi) is 9.53. The number of H-pyrrole nitrogens is 1. The molecule has 4 aromatic heterocycles. The van der Waals surface area contributed by atoms with Gasteiger partial charge in [0.2, 0.25) is 5.95 Å². The summed E-state index contributed by atoms with van der Waals surface area (Å²) in [4.78, 5) is 34.7. The van der Waals surface area contributed by atoms with E-state index in [1.54, 1.807) is 0 Å². The van der Waals surface area contributed by atoms with E-state index in [4.69, 9.17) is 29.0 Å². The largest absolute Gasteiger partial charge is 0.411 e. The fourth-order valence-electron chi connectivity index (χ4n) is 5.27. The highest BCUT2D eigenvalue weighted by Gasteiger charge is 2.44. The van der Waals surface area contributed by atoms with Crippen molar-refractivity contribution in [3.63, 3.8) is 0 Å². The van der Waals surface area contributed by atoms with Gasteiger partial charge in [-0.1, -0.05) is 12.2 Å². The zero-order valence-electron chi connectivity index (χ0n) is 24.1. The zero-order valence-corrected chi connectivity index (χ0v) is 26.7. The van der Waals surface area contributed by atoms with Gasteiger partial charge in [0.25, 0.3) is 5.56 Å². The summed E-state index contributed by atoms with van der Waals surface area (Å²) >= 11 is 4.02. The number of nitrogens with one attached hydrogen (secondary N) is 2. The van der Waals surface area contributed by atoms with Crippen LogP contribution in [0.1, 0.15) is 25.3 Å². The molecule has 0 spiro atoms. The number of rotatable bonds is 12. The normalized spacial score (nSPS) is 26.4. The summed E-state index contributed by atoms with van der Waals surface area (Å²) in [6.07, 6.45) is -6.35. The van der Waals surface area contributed by atoms with E-state index in [-0.39, 0.29) is 30.0 Å². The summed E-state index contributed by atoms with van der Waals surface area (Å²) in [5, 5.41) is 0. The number of nitrogen functional groups attached to an aromatic ring is 1. The van der Waals surface area contributed by atoms with Crippen LogP contribution in [0.4, 0.5) is 19.1 Å². The summed E-state index contributed by atoms with van der Waals surface area (Å²) in [7, 11) is -4.66. The number of hydrogen-bond acceptors (Lipinski definition) is 15. The molecule has 0 radical (unpaired) electrons. The number of nitrogens with zero attached hydrogens (tertiary/aromatic N) is 7. The van der Waals surface area contributed by atoms with E-state index < -0.39 is 85.5 Å². The summed E-state index contributed by atoms with van der Waals surface area (Å²) in [6.45, 7) is -7.18. The molecule has 0 saturated carbocycles. The number of thiol groups is 1. The number of anilines is 1. The van der Waals surface area contributed by atoms with E-state index in [1.165, 1.54) is 34.3 Å². The molecule has 1 unspecified atom stereocenters. The Morgan fingerprint density at radius 3 is 2.54 bits per heavy atom. The number of hydrogen-bond donors (Lipinski definition) is 5. The Labute approximate surface area is 272 Å². The molecule has 2 saturated heterocycles. The second-order valence-electron chi connectivity index (χ2n) is 10.6. The third kappa shape index (κ3) is 7.96. The molecular weight excluding hydrogens is 716 g/mol. The third-order valence-electron chi connectivity index (χ3n) is 7.27. The Morgan fingerprint density at radius 1 is 1.12 bits per heavy atom. The number of alkyl halides is 3. The first-order valence-corrected chi connectivity index (χ1v) is 17.9. The first-order valence-electron chi connectivity index (χ1n) is 13.8. The number of imidazole rings is 2. The van der Waals surface area contributed by atoms with Gasteiger partial charge < -0.3 is 19.9 Å². The van der Waals surface area contributed by atoms with Crippen LogP contribution in [0.5, 0.6) is 0 Å². The molecule has 262 valence electrons. The Bertz CT molecular complexity index is 2010. The number of aromatic amines is 1. The minimum Gasteiger partial charge on any atom is -0.369 e. The number of nitrogens with two attached hydrogens (primary N) is 1. The minimum atomic E-state index is -4.69. The van der Waals surface area contributed by atoms with Gasteiger partial charge in [-0.3, -0.25) is 32.5 Å². The quantitative estimate of drug-likeness (QED) is 0.0767. The lowest BCUT2D eigenvalue weighted by atomic mass is 10.2. The smallest absolute Gasteiger partial charge is 0.369 e. The molecule has 48 heavy (non-hydrogen) atoms. The monoisotopic (exact) mass is 742 g/mol. The number of halogens is 3. The molecule has 0 bridgehead atoms. The van der Waals surface area contributed by atoms with E-state index in [1.807, 2.05) is 4.72 Å². The maximum Gasteiger partial charge on any atom is 0.411 e. The Balaban J connectivity index is 1.17. The van der Waals surface area contributed by atoms with Gasteiger partial charge in [0.05, 0.1) is 37.7 Å². The van der Waals surface area contributed by atoms with E-state index in [9.17, 15) is 35.5 Å². The summed E-state index contributed by atoms with van der Waals surface area (Å²) in [5.41, 5.74) is 5.68.